The molecule has 0 bridgehead atoms. The summed E-state index contributed by atoms with van der Waals surface area (Å²) in [6.07, 6.45) is 0.720. The van der Waals surface area contributed by atoms with E-state index in [0.29, 0.717) is 13.0 Å². The van der Waals surface area contributed by atoms with Crippen molar-refractivity contribution in [3.8, 4) is 0 Å². The van der Waals surface area contributed by atoms with E-state index < -0.39 is 17.2 Å². The smallest absolute Gasteiger partial charge is 0.417 e. The zero-order valence-electron chi connectivity index (χ0n) is 10.4. The number of carbonyl (C=O) groups excluding carboxylic acids is 2. The molecule has 1 aliphatic rings. The number of amides is 2. The van der Waals surface area contributed by atoms with Gasteiger partial charge in [0, 0.05) is 6.54 Å². The van der Waals surface area contributed by atoms with Gasteiger partial charge in [-0.15, -0.1) is 0 Å². The molecule has 0 aliphatic carbocycles. The summed E-state index contributed by atoms with van der Waals surface area (Å²) >= 11 is 0. The van der Waals surface area contributed by atoms with E-state index in [2.05, 4.69) is 0 Å². The number of likely N-dealkylation sites (tertiary alicyclic amines) is 1. The minimum Gasteiger partial charge on any atom is -0.443 e. The van der Waals surface area contributed by atoms with Crippen LogP contribution < -0.4 is 5.73 Å². The van der Waals surface area contributed by atoms with E-state index in [1.54, 1.807) is 27.7 Å². The summed E-state index contributed by atoms with van der Waals surface area (Å²) in [5.74, 6) is -0.354. The van der Waals surface area contributed by atoms with E-state index in [-0.39, 0.29) is 5.91 Å². The Bertz CT molecular complexity index is 305. The highest BCUT2D eigenvalue weighted by Crippen LogP contribution is 2.21. The second kappa shape index (κ2) is 4.05. The minimum atomic E-state index is -0.949. The van der Waals surface area contributed by atoms with Crippen molar-refractivity contribution in [1.29, 1.82) is 0 Å². The standard InChI is InChI=1S/C11H20N2O3/c1-10(2,3)16-9(15)13-7-5-6-11(4,12)8(13)14/h5-7,12H2,1-4H3. The lowest BCUT2D eigenvalue weighted by Crippen LogP contribution is -2.59. The lowest BCUT2D eigenvalue weighted by Gasteiger charge is -2.36. The maximum atomic E-state index is 11.9. The van der Waals surface area contributed by atoms with Crippen LogP contribution in [0, 0.1) is 0 Å². The first kappa shape index (κ1) is 13.0. The molecule has 1 aliphatic heterocycles. The van der Waals surface area contributed by atoms with Gasteiger partial charge in [-0.1, -0.05) is 0 Å². The molecule has 1 unspecified atom stereocenters. The lowest BCUT2D eigenvalue weighted by molar-refractivity contribution is -0.138. The summed E-state index contributed by atoms with van der Waals surface area (Å²) in [4.78, 5) is 24.7. The van der Waals surface area contributed by atoms with E-state index in [0.717, 1.165) is 11.3 Å². The number of nitrogens with two attached hydrogens (primary N) is 1. The van der Waals surface area contributed by atoms with Crippen LogP contribution in [-0.2, 0) is 9.53 Å². The zero-order valence-corrected chi connectivity index (χ0v) is 10.4. The van der Waals surface area contributed by atoms with Gasteiger partial charge in [0.15, 0.2) is 0 Å². The van der Waals surface area contributed by atoms with Crippen molar-refractivity contribution >= 4 is 12.0 Å². The van der Waals surface area contributed by atoms with Gasteiger partial charge < -0.3 is 10.5 Å². The number of hydrogen-bond donors (Lipinski definition) is 1. The van der Waals surface area contributed by atoms with Gasteiger partial charge >= 0.3 is 6.09 Å². The SMILES string of the molecule is CC(C)(C)OC(=O)N1CCCC(C)(N)C1=O. The molecule has 2 amide bonds. The van der Waals surface area contributed by atoms with Crippen molar-refractivity contribution in [2.24, 2.45) is 5.73 Å². The Kier molecular flexibility index (Phi) is 3.28. The molecule has 0 saturated carbocycles. The summed E-state index contributed by atoms with van der Waals surface area (Å²) < 4.78 is 5.15. The number of carbonyl (C=O) groups is 2. The largest absolute Gasteiger partial charge is 0.443 e. The van der Waals surface area contributed by atoms with Gasteiger partial charge in [-0.2, -0.15) is 0 Å². The summed E-state index contributed by atoms with van der Waals surface area (Å²) in [7, 11) is 0. The minimum absolute atomic E-state index is 0.354. The molecule has 92 valence electrons. The fourth-order valence-corrected chi connectivity index (χ4v) is 1.61. The number of hydrogen-bond acceptors (Lipinski definition) is 4. The fraction of sp³-hybridized carbons (Fsp3) is 0.818. The first-order valence-corrected chi connectivity index (χ1v) is 5.47. The predicted molar refractivity (Wildman–Crippen MR) is 59.8 cm³/mol. The van der Waals surface area contributed by atoms with Crippen molar-refractivity contribution in [3.05, 3.63) is 0 Å². The second-order valence-corrected chi connectivity index (χ2v) is 5.46. The summed E-state index contributed by atoms with van der Waals surface area (Å²) in [5.41, 5.74) is 4.27. The molecule has 0 spiro atoms. The van der Waals surface area contributed by atoms with E-state index in [1.165, 1.54) is 0 Å². The monoisotopic (exact) mass is 228 g/mol. The van der Waals surface area contributed by atoms with E-state index in [4.69, 9.17) is 10.5 Å². The van der Waals surface area contributed by atoms with Gasteiger partial charge in [-0.05, 0) is 40.5 Å². The van der Waals surface area contributed by atoms with Gasteiger partial charge in [0.25, 0.3) is 5.91 Å². The van der Waals surface area contributed by atoms with Crippen LogP contribution >= 0.6 is 0 Å². The molecule has 5 nitrogen and oxygen atoms in total. The lowest BCUT2D eigenvalue weighted by atomic mass is 9.92. The normalized spacial score (nSPS) is 26.8. The Morgan fingerprint density at radius 2 is 2.06 bits per heavy atom. The first-order valence-electron chi connectivity index (χ1n) is 5.47. The molecule has 2 N–H and O–H groups in total. The van der Waals surface area contributed by atoms with Crippen LogP contribution in [0.15, 0.2) is 0 Å². The van der Waals surface area contributed by atoms with Gasteiger partial charge in [0.2, 0.25) is 0 Å². The predicted octanol–water partition coefficient (Wildman–Crippen LogP) is 1.26. The maximum Gasteiger partial charge on any atom is 0.417 e. The number of imide groups is 1. The molecule has 1 rings (SSSR count). The molecule has 1 heterocycles. The zero-order chi connectivity index (χ0) is 12.6. The highest BCUT2D eigenvalue weighted by atomic mass is 16.6. The number of ether oxygens (including phenoxy) is 1. The van der Waals surface area contributed by atoms with Crippen molar-refractivity contribution in [2.45, 2.75) is 51.7 Å². The van der Waals surface area contributed by atoms with Crippen LogP contribution in [0.25, 0.3) is 0 Å². The highest BCUT2D eigenvalue weighted by molar-refractivity contribution is 5.97. The van der Waals surface area contributed by atoms with Gasteiger partial charge in [-0.25, -0.2) is 9.69 Å². The van der Waals surface area contributed by atoms with Crippen molar-refractivity contribution in [2.75, 3.05) is 6.54 Å². The first-order chi connectivity index (χ1) is 7.13. The molecule has 0 radical (unpaired) electrons. The number of piperidine rings is 1. The van der Waals surface area contributed by atoms with E-state index >= 15 is 0 Å². The Morgan fingerprint density at radius 3 is 2.56 bits per heavy atom. The molecular formula is C11H20N2O3. The average Bonchev–Trinajstić information content (AvgIpc) is 2.06. The summed E-state index contributed by atoms with van der Waals surface area (Å²) in [6.45, 7) is 7.33. The fourth-order valence-electron chi connectivity index (χ4n) is 1.61. The van der Waals surface area contributed by atoms with Crippen LogP contribution in [0.1, 0.15) is 40.5 Å². The van der Waals surface area contributed by atoms with Gasteiger partial charge in [0.1, 0.15) is 5.60 Å². The molecule has 16 heavy (non-hydrogen) atoms. The van der Waals surface area contributed by atoms with Crippen molar-refractivity contribution in [3.63, 3.8) is 0 Å². The quantitative estimate of drug-likeness (QED) is 0.677. The molecule has 1 atom stereocenters. The Balaban J connectivity index is 2.73. The molecule has 1 fully saturated rings. The summed E-state index contributed by atoms with van der Waals surface area (Å²) in [6, 6.07) is 0. The van der Waals surface area contributed by atoms with Crippen LogP contribution in [0.5, 0.6) is 0 Å². The molecule has 0 aromatic rings. The third kappa shape index (κ3) is 2.95. The number of rotatable bonds is 0. The summed E-state index contributed by atoms with van der Waals surface area (Å²) in [5, 5.41) is 0. The average molecular weight is 228 g/mol. The third-order valence-electron chi connectivity index (χ3n) is 2.43. The third-order valence-corrected chi connectivity index (χ3v) is 2.43. The van der Waals surface area contributed by atoms with Crippen LogP contribution in [0.3, 0.4) is 0 Å². The van der Waals surface area contributed by atoms with Gasteiger partial charge in [-0.3, -0.25) is 4.79 Å². The maximum absolute atomic E-state index is 11.9. The molecule has 0 aromatic carbocycles. The van der Waals surface area contributed by atoms with E-state index in [9.17, 15) is 9.59 Å². The molecule has 0 aromatic heterocycles. The molecule has 1 saturated heterocycles. The van der Waals surface area contributed by atoms with Crippen LogP contribution in [-0.4, -0.2) is 34.6 Å². The highest BCUT2D eigenvalue weighted by Gasteiger charge is 2.40. The Morgan fingerprint density at radius 1 is 1.50 bits per heavy atom. The number of nitrogens with zero attached hydrogens (tertiary/aromatic N) is 1. The molecular weight excluding hydrogens is 208 g/mol. The Hall–Kier alpha value is -1.10. The Labute approximate surface area is 95.9 Å². The molecule has 5 heteroatoms. The van der Waals surface area contributed by atoms with E-state index in [1.807, 2.05) is 0 Å². The van der Waals surface area contributed by atoms with Crippen LogP contribution in [0.2, 0.25) is 0 Å². The second-order valence-electron chi connectivity index (χ2n) is 5.46. The van der Waals surface area contributed by atoms with Crippen molar-refractivity contribution < 1.29 is 14.3 Å². The van der Waals surface area contributed by atoms with Gasteiger partial charge in [0.05, 0.1) is 5.54 Å². The van der Waals surface area contributed by atoms with Crippen molar-refractivity contribution in [1.82, 2.24) is 4.90 Å². The topological polar surface area (TPSA) is 72.6 Å². The van der Waals surface area contributed by atoms with Crippen LogP contribution in [0.4, 0.5) is 4.79 Å².